The number of carbonyl (C=O) groups is 1. The fourth-order valence-corrected chi connectivity index (χ4v) is 0.557. The Morgan fingerprint density at radius 2 is 2.36 bits per heavy atom. The van der Waals surface area contributed by atoms with E-state index in [1.165, 1.54) is 0 Å². The van der Waals surface area contributed by atoms with E-state index in [0.717, 1.165) is 0 Å². The Morgan fingerprint density at radius 3 is 2.73 bits per heavy atom. The number of unbranched alkanes of at least 4 members (excludes halogenated alkanes) is 1. The second-order valence-electron chi connectivity index (χ2n) is 1.92. The van der Waals surface area contributed by atoms with Crippen molar-refractivity contribution in [1.82, 2.24) is 0 Å². The number of oxime groups is 1. The Hall–Kier alpha value is -1.57. The van der Waals surface area contributed by atoms with Crippen LogP contribution >= 0.6 is 0 Å². The lowest BCUT2D eigenvalue weighted by Gasteiger charge is -1.94. The van der Waals surface area contributed by atoms with Crippen molar-refractivity contribution in [3.8, 4) is 6.07 Å². The van der Waals surface area contributed by atoms with Crippen molar-refractivity contribution < 1.29 is 10.0 Å². The Kier molecular flexibility index (Phi) is 4.49. The summed E-state index contributed by atoms with van der Waals surface area (Å²) in [5, 5.41) is 19.0. The molecule has 0 heterocycles. The van der Waals surface area contributed by atoms with Crippen molar-refractivity contribution in [2.45, 2.75) is 19.3 Å². The zero-order chi connectivity index (χ0) is 8.69. The maximum atomic E-state index is 10.4. The second-order valence-corrected chi connectivity index (χ2v) is 1.92. The quantitative estimate of drug-likeness (QED) is 0.258. The summed E-state index contributed by atoms with van der Waals surface area (Å²) in [6, 6.07) is 1.90. The molecule has 0 spiro atoms. The zero-order valence-corrected chi connectivity index (χ0v) is 5.95. The van der Waals surface area contributed by atoms with E-state index >= 15 is 0 Å². The number of rotatable bonds is 4. The van der Waals surface area contributed by atoms with E-state index in [1.54, 1.807) is 0 Å². The highest BCUT2D eigenvalue weighted by Crippen LogP contribution is 1.95. The van der Waals surface area contributed by atoms with Crippen LogP contribution in [0.25, 0.3) is 0 Å². The van der Waals surface area contributed by atoms with Crippen LogP contribution in [0.4, 0.5) is 0 Å². The molecule has 0 radical (unpaired) electrons. The minimum absolute atomic E-state index is 0.0831. The number of nitrogens with zero attached hydrogens (tertiary/aromatic N) is 2. The van der Waals surface area contributed by atoms with E-state index in [0.29, 0.717) is 12.8 Å². The average molecular weight is 155 g/mol. The number of carbonyl (C=O) groups excluding carboxylic acids is 1. The number of primary amides is 1. The molecule has 5 nitrogen and oxygen atoms in total. The molecule has 1 amide bonds. The molecule has 0 rings (SSSR count). The van der Waals surface area contributed by atoms with Crippen molar-refractivity contribution >= 4 is 11.6 Å². The fraction of sp³-hybridized carbons (Fsp3) is 0.500. The molecule has 0 aromatic heterocycles. The lowest BCUT2D eigenvalue weighted by molar-refractivity contribution is -0.112. The topological polar surface area (TPSA) is 99.5 Å². The SMILES string of the molecule is N#CCCC/C(=N\O)C(N)=O. The lowest BCUT2D eigenvalue weighted by Crippen LogP contribution is -2.23. The molecule has 0 bridgehead atoms. The molecule has 0 fully saturated rings. The van der Waals surface area contributed by atoms with Gasteiger partial charge in [0.1, 0.15) is 5.71 Å². The summed E-state index contributed by atoms with van der Waals surface area (Å²) < 4.78 is 0. The largest absolute Gasteiger partial charge is 0.410 e. The Bertz CT molecular complexity index is 204. The molecule has 0 aliphatic carbocycles. The highest BCUT2D eigenvalue weighted by Gasteiger charge is 2.05. The molecule has 0 aliphatic heterocycles. The summed E-state index contributed by atoms with van der Waals surface area (Å²) in [6.07, 6.45) is 1.06. The van der Waals surface area contributed by atoms with E-state index in [9.17, 15) is 4.79 Å². The van der Waals surface area contributed by atoms with Crippen LogP contribution in [-0.4, -0.2) is 16.8 Å². The van der Waals surface area contributed by atoms with Crippen molar-refractivity contribution in [1.29, 1.82) is 5.26 Å². The lowest BCUT2D eigenvalue weighted by atomic mass is 10.2. The molecule has 0 saturated carbocycles. The first-order valence-electron chi connectivity index (χ1n) is 3.10. The van der Waals surface area contributed by atoms with Crippen LogP contribution in [0.1, 0.15) is 19.3 Å². The van der Waals surface area contributed by atoms with Gasteiger partial charge in [0.05, 0.1) is 6.07 Å². The first kappa shape index (κ1) is 9.43. The number of hydrogen-bond acceptors (Lipinski definition) is 4. The highest BCUT2D eigenvalue weighted by atomic mass is 16.4. The van der Waals surface area contributed by atoms with Gasteiger partial charge in [-0.25, -0.2) is 0 Å². The van der Waals surface area contributed by atoms with Gasteiger partial charge in [0.15, 0.2) is 0 Å². The summed E-state index contributed by atoms with van der Waals surface area (Å²) in [6.45, 7) is 0. The molecule has 0 aromatic rings. The van der Waals surface area contributed by atoms with Gasteiger partial charge in [0.2, 0.25) is 0 Å². The molecule has 0 atom stereocenters. The van der Waals surface area contributed by atoms with Gasteiger partial charge in [-0.1, -0.05) is 5.16 Å². The molecule has 0 unspecified atom stereocenters. The third kappa shape index (κ3) is 3.92. The third-order valence-corrected chi connectivity index (χ3v) is 1.11. The number of nitriles is 1. The van der Waals surface area contributed by atoms with Gasteiger partial charge in [-0.05, 0) is 12.8 Å². The predicted molar refractivity (Wildman–Crippen MR) is 37.9 cm³/mol. The molecule has 0 aliphatic rings. The normalized spacial score (nSPS) is 10.6. The standard InChI is InChI=1S/C6H9N3O2/c7-4-2-1-3-5(9-11)6(8)10/h11H,1-3H2,(H2,8,10)/b9-5+. The second kappa shape index (κ2) is 5.23. The van der Waals surface area contributed by atoms with Crippen molar-refractivity contribution in [3.05, 3.63) is 0 Å². The van der Waals surface area contributed by atoms with Crippen LogP contribution in [0.15, 0.2) is 5.16 Å². The van der Waals surface area contributed by atoms with Crippen LogP contribution in [-0.2, 0) is 4.79 Å². The smallest absolute Gasteiger partial charge is 0.266 e. The van der Waals surface area contributed by atoms with Crippen LogP contribution < -0.4 is 5.73 Å². The van der Waals surface area contributed by atoms with Gasteiger partial charge in [0, 0.05) is 6.42 Å². The van der Waals surface area contributed by atoms with E-state index in [-0.39, 0.29) is 12.1 Å². The first-order valence-corrected chi connectivity index (χ1v) is 3.10. The monoisotopic (exact) mass is 155 g/mol. The molecule has 5 heteroatoms. The van der Waals surface area contributed by atoms with Crippen molar-refractivity contribution in [2.24, 2.45) is 10.9 Å². The third-order valence-electron chi connectivity index (χ3n) is 1.11. The molecule has 60 valence electrons. The van der Waals surface area contributed by atoms with Gasteiger partial charge in [0.25, 0.3) is 5.91 Å². The minimum Gasteiger partial charge on any atom is -0.410 e. The zero-order valence-electron chi connectivity index (χ0n) is 5.95. The Labute approximate surface area is 64.1 Å². The molecule has 0 saturated heterocycles. The molecule has 3 N–H and O–H groups in total. The maximum Gasteiger partial charge on any atom is 0.266 e. The van der Waals surface area contributed by atoms with E-state index in [1.807, 2.05) is 6.07 Å². The van der Waals surface area contributed by atoms with Gasteiger partial charge >= 0.3 is 0 Å². The number of nitrogens with two attached hydrogens (primary N) is 1. The summed E-state index contributed by atoms with van der Waals surface area (Å²) >= 11 is 0. The summed E-state index contributed by atoms with van der Waals surface area (Å²) in [7, 11) is 0. The van der Waals surface area contributed by atoms with E-state index in [2.05, 4.69) is 5.16 Å². The van der Waals surface area contributed by atoms with Gasteiger partial charge < -0.3 is 10.9 Å². The molecular formula is C6H9N3O2. The van der Waals surface area contributed by atoms with Crippen LogP contribution in [0, 0.1) is 11.3 Å². The average Bonchev–Trinajstić information content (AvgIpc) is 1.97. The molecule has 0 aromatic carbocycles. The van der Waals surface area contributed by atoms with E-state index in [4.69, 9.17) is 16.2 Å². The van der Waals surface area contributed by atoms with Crippen molar-refractivity contribution in [2.75, 3.05) is 0 Å². The summed E-state index contributed by atoms with van der Waals surface area (Å²) in [5.41, 5.74) is 4.73. The van der Waals surface area contributed by atoms with Gasteiger partial charge in [-0.15, -0.1) is 0 Å². The fourth-order valence-electron chi connectivity index (χ4n) is 0.557. The van der Waals surface area contributed by atoms with Crippen LogP contribution in [0.2, 0.25) is 0 Å². The molecule has 11 heavy (non-hydrogen) atoms. The summed E-state index contributed by atoms with van der Waals surface area (Å²) in [4.78, 5) is 10.4. The van der Waals surface area contributed by atoms with Crippen LogP contribution in [0.5, 0.6) is 0 Å². The maximum absolute atomic E-state index is 10.4. The molecular weight excluding hydrogens is 146 g/mol. The van der Waals surface area contributed by atoms with Gasteiger partial charge in [-0.2, -0.15) is 5.26 Å². The van der Waals surface area contributed by atoms with Crippen LogP contribution in [0.3, 0.4) is 0 Å². The Morgan fingerprint density at radius 1 is 1.73 bits per heavy atom. The van der Waals surface area contributed by atoms with Gasteiger partial charge in [-0.3, -0.25) is 4.79 Å². The predicted octanol–water partition coefficient (Wildman–Crippen LogP) is -0.00422. The van der Waals surface area contributed by atoms with Crippen molar-refractivity contribution in [3.63, 3.8) is 0 Å². The number of amides is 1. The van der Waals surface area contributed by atoms with E-state index < -0.39 is 5.91 Å². The first-order chi connectivity index (χ1) is 5.22. The number of hydrogen-bond donors (Lipinski definition) is 2. The minimum atomic E-state index is -0.745. The summed E-state index contributed by atoms with van der Waals surface area (Å²) in [5.74, 6) is -0.745. The highest BCUT2D eigenvalue weighted by molar-refractivity contribution is 6.38. The Balaban J connectivity index is 3.75.